The molecule has 0 spiro atoms. The molecular formula is C19H25NO5. The molecular weight excluding hydrogens is 322 g/mol. The van der Waals surface area contributed by atoms with Gasteiger partial charge in [-0.05, 0) is 42.3 Å². The molecule has 0 fully saturated rings. The van der Waals surface area contributed by atoms with Crippen molar-refractivity contribution in [1.29, 1.82) is 0 Å². The molecule has 0 aliphatic heterocycles. The number of phenols is 1. The van der Waals surface area contributed by atoms with Gasteiger partial charge in [0.25, 0.3) is 0 Å². The zero-order chi connectivity index (χ0) is 18.2. The monoisotopic (exact) mass is 347 g/mol. The van der Waals surface area contributed by atoms with Gasteiger partial charge in [0.1, 0.15) is 6.61 Å². The first-order chi connectivity index (χ1) is 12.1. The van der Waals surface area contributed by atoms with E-state index in [1.165, 1.54) is 7.11 Å². The van der Waals surface area contributed by atoms with Crippen LogP contribution in [0.1, 0.15) is 24.1 Å². The van der Waals surface area contributed by atoms with Crippen molar-refractivity contribution in [2.75, 3.05) is 27.4 Å². The van der Waals surface area contributed by atoms with Crippen molar-refractivity contribution in [2.45, 2.75) is 19.5 Å². The molecule has 2 rings (SSSR count). The smallest absolute Gasteiger partial charge is 0.161 e. The van der Waals surface area contributed by atoms with E-state index in [1.807, 2.05) is 31.2 Å². The first-order valence-corrected chi connectivity index (χ1v) is 8.10. The summed E-state index contributed by atoms with van der Waals surface area (Å²) in [6, 6.07) is 11.1. The number of nitrogens with one attached hydrogen (secondary N) is 1. The molecule has 0 aliphatic carbocycles. The Labute approximate surface area is 148 Å². The first-order valence-electron chi connectivity index (χ1n) is 8.10. The van der Waals surface area contributed by atoms with E-state index in [0.29, 0.717) is 23.8 Å². The quantitative estimate of drug-likeness (QED) is 0.647. The fraction of sp³-hybridized carbons (Fsp3) is 0.368. The molecule has 0 bridgehead atoms. The zero-order valence-electron chi connectivity index (χ0n) is 14.8. The topological polar surface area (TPSA) is 80.2 Å². The maximum atomic E-state index is 9.84. The zero-order valence-corrected chi connectivity index (χ0v) is 14.8. The highest BCUT2D eigenvalue weighted by Gasteiger charge is 2.11. The Kier molecular flexibility index (Phi) is 6.91. The standard InChI is InChI=1S/C19H25NO5/c1-13(20-12-14-4-6-17(23-2)16(22)10-14)15-5-7-18(25-9-8-21)19(11-15)24-3/h4-7,10-11,13,20-22H,8-9,12H2,1-3H3. The van der Waals surface area contributed by atoms with Gasteiger partial charge >= 0.3 is 0 Å². The minimum Gasteiger partial charge on any atom is -0.504 e. The van der Waals surface area contributed by atoms with Crippen molar-refractivity contribution < 1.29 is 24.4 Å². The number of rotatable bonds is 9. The molecule has 0 amide bonds. The minimum absolute atomic E-state index is 0.0441. The van der Waals surface area contributed by atoms with Crippen LogP contribution in [0.2, 0.25) is 0 Å². The van der Waals surface area contributed by atoms with E-state index in [9.17, 15) is 5.11 Å². The van der Waals surface area contributed by atoms with Gasteiger partial charge in [-0.1, -0.05) is 12.1 Å². The Bertz CT molecular complexity index is 690. The molecule has 2 aromatic carbocycles. The lowest BCUT2D eigenvalue weighted by atomic mass is 10.1. The van der Waals surface area contributed by atoms with Crippen LogP contribution in [0.5, 0.6) is 23.0 Å². The second kappa shape index (κ2) is 9.15. The normalized spacial score (nSPS) is 11.8. The maximum absolute atomic E-state index is 9.84. The van der Waals surface area contributed by atoms with E-state index in [-0.39, 0.29) is 25.0 Å². The average Bonchev–Trinajstić information content (AvgIpc) is 2.64. The minimum atomic E-state index is -0.0441. The van der Waals surface area contributed by atoms with Gasteiger partial charge < -0.3 is 29.7 Å². The largest absolute Gasteiger partial charge is 0.504 e. The van der Waals surface area contributed by atoms with Crippen molar-refractivity contribution in [3.63, 3.8) is 0 Å². The second-order valence-electron chi connectivity index (χ2n) is 5.59. The van der Waals surface area contributed by atoms with Crippen molar-refractivity contribution in [3.05, 3.63) is 47.5 Å². The lowest BCUT2D eigenvalue weighted by molar-refractivity contribution is 0.196. The van der Waals surface area contributed by atoms with Crippen LogP contribution in [0.25, 0.3) is 0 Å². The van der Waals surface area contributed by atoms with Crippen LogP contribution < -0.4 is 19.5 Å². The summed E-state index contributed by atoms with van der Waals surface area (Å²) in [6.45, 7) is 2.83. The Morgan fingerprint density at radius 1 is 1.00 bits per heavy atom. The number of ether oxygens (including phenoxy) is 3. The molecule has 0 saturated carbocycles. The van der Waals surface area contributed by atoms with Crippen LogP contribution in [-0.4, -0.2) is 37.6 Å². The third-order valence-electron chi connectivity index (χ3n) is 3.89. The summed E-state index contributed by atoms with van der Waals surface area (Å²) in [5.74, 6) is 1.82. The van der Waals surface area contributed by atoms with E-state index in [4.69, 9.17) is 19.3 Å². The highest BCUT2D eigenvalue weighted by molar-refractivity contribution is 5.44. The van der Waals surface area contributed by atoms with Gasteiger partial charge in [-0.3, -0.25) is 0 Å². The Morgan fingerprint density at radius 2 is 1.72 bits per heavy atom. The SMILES string of the molecule is COc1ccc(CNC(C)c2ccc(OCCO)c(OC)c2)cc1O. The van der Waals surface area contributed by atoms with Crippen molar-refractivity contribution in [3.8, 4) is 23.0 Å². The van der Waals surface area contributed by atoms with E-state index >= 15 is 0 Å². The van der Waals surface area contributed by atoms with E-state index in [2.05, 4.69) is 5.32 Å². The van der Waals surface area contributed by atoms with Gasteiger partial charge in [0.15, 0.2) is 23.0 Å². The van der Waals surface area contributed by atoms with Crippen molar-refractivity contribution in [2.24, 2.45) is 0 Å². The summed E-state index contributed by atoms with van der Waals surface area (Å²) in [4.78, 5) is 0. The summed E-state index contributed by atoms with van der Waals surface area (Å²) in [5, 5.41) is 22.1. The van der Waals surface area contributed by atoms with Crippen molar-refractivity contribution >= 4 is 0 Å². The lowest BCUT2D eigenvalue weighted by Crippen LogP contribution is -2.18. The van der Waals surface area contributed by atoms with E-state index in [1.54, 1.807) is 19.2 Å². The molecule has 25 heavy (non-hydrogen) atoms. The van der Waals surface area contributed by atoms with Gasteiger partial charge in [-0.2, -0.15) is 0 Å². The summed E-state index contributed by atoms with van der Waals surface area (Å²) < 4.78 is 15.8. The Hall–Kier alpha value is -2.44. The predicted molar refractivity (Wildman–Crippen MR) is 95.5 cm³/mol. The average molecular weight is 347 g/mol. The highest BCUT2D eigenvalue weighted by Crippen LogP contribution is 2.31. The van der Waals surface area contributed by atoms with Gasteiger partial charge in [-0.25, -0.2) is 0 Å². The van der Waals surface area contributed by atoms with Crippen LogP contribution in [0.15, 0.2) is 36.4 Å². The molecule has 3 N–H and O–H groups in total. The fourth-order valence-corrected chi connectivity index (χ4v) is 2.46. The molecule has 0 heterocycles. The number of phenolic OH excluding ortho intramolecular Hbond substituents is 1. The van der Waals surface area contributed by atoms with E-state index < -0.39 is 0 Å². The van der Waals surface area contributed by atoms with Crippen LogP contribution >= 0.6 is 0 Å². The highest BCUT2D eigenvalue weighted by atomic mass is 16.5. The van der Waals surface area contributed by atoms with Crippen LogP contribution in [0.3, 0.4) is 0 Å². The van der Waals surface area contributed by atoms with Crippen LogP contribution in [0.4, 0.5) is 0 Å². The predicted octanol–water partition coefficient (Wildman–Crippen LogP) is 2.63. The summed E-state index contributed by atoms with van der Waals surface area (Å²) in [7, 11) is 3.11. The molecule has 2 aromatic rings. The molecule has 6 nitrogen and oxygen atoms in total. The van der Waals surface area contributed by atoms with Gasteiger partial charge in [0, 0.05) is 12.6 Å². The number of aromatic hydroxyl groups is 1. The maximum Gasteiger partial charge on any atom is 0.161 e. The molecule has 0 radical (unpaired) electrons. The Morgan fingerprint density at radius 3 is 2.36 bits per heavy atom. The third kappa shape index (κ3) is 5.01. The van der Waals surface area contributed by atoms with Crippen LogP contribution in [0, 0.1) is 0 Å². The Balaban J connectivity index is 2.02. The molecule has 6 heteroatoms. The fourth-order valence-electron chi connectivity index (χ4n) is 2.46. The molecule has 136 valence electrons. The molecule has 0 aliphatic rings. The summed E-state index contributed by atoms with van der Waals surface area (Å²) in [6.07, 6.45) is 0. The van der Waals surface area contributed by atoms with Gasteiger partial charge in [-0.15, -0.1) is 0 Å². The summed E-state index contributed by atoms with van der Waals surface area (Å²) >= 11 is 0. The number of benzene rings is 2. The molecule has 1 atom stereocenters. The van der Waals surface area contributed by atoms with E-state index in [0.717, 1.165) is 11.1 Å². The molecule has 0 saturated heterocycles. The summed E-state index contributed by atoms with van der Waals surface area (Å²) in [5.41, 5.74) is 2.01. The molecule has 1 unspecified atom stereocenters. The van der Waals surface area contributed by atoms with Crippen LogP contribution in [-0.2, 0) is 6.54 Å². The second-order valence-corrected chi connectivity index (χ2v) is 5.59. The van der Waals surface area contributed by atoms with Crippen molar-refractivity contribution in [1.82, 2.24) is 5.32 Å². The molecule has 0 aromatic heterocycles. The number of aliphatic hydroxyl groups is 1. The first kappa shape index (κ1) is 18.9. The number of methoxy groups -OCH3 is 2. The number of aliphatic hydroxyl groups excluding tert-OH is 1. The third-order valence-corrected chi connectivity index (χ3v) is 3.89. The number of hydrogen-bond donors (Lipinski definition) is 3. The van der Waals surface area contributed by atoms with Gasteiger partial charge in [0.05, 0.1) is 20.8 Å². The number of hydrogen-bond acceptors (Lipinski definition) is 6. The van der Waals surface area contributed by atoms with Gasteiger partial charge in [0.2, 0.25) is 0 Å². The lowest BCUT2D eigenvalue weighted by Gasteiger charge is -2.17.